The molecule has 44 heteroatoms. The van der Waals surface area contributed by atoms with Crippen LogP contribution in [0.3, 0.4) is 0 Å². The van der Waals surface area contributed by atoms with Gasteiger partial charge in [-0.1, -0.05) is 76.2 Å². The normalized spacial score (nSPS) is 20.8. The van der Waals surface area contributed by atoms with Gasteiger partial charge in [-0.05, 0) is 18.1 Å². The van der Waals surface area contributed by atoms with Crippen molar-refractivity contribution in [2.24, 2.45) is 23.7 Å². The quantitative estimate of drug-likeness (QED) is 0.0190. The average Bonchev–Trinajstić information content (AvgIpc) is 1.61. The molecule has 2 saturated heterocycles. The van der Waals surface area contributed by atoms with Gasteiger partial charge in [0.2, 0.25) is 35.5 Å². The van der Waals surface area contributed by atoms with E-state index in [0.29, 0.717) is 0 Å². The van der Waals surface area contributed by atoms with Crippen molar-refractivity contribution < 1.29 is 118 Å². The van der Waals surface area contributed by atoms with E-state index in [4.69, 9.17) is 32.1 Å². The van der Waals surface area contributed by atoms with Gasteiger partial charge in [0.1, 0.15) is 24.4 Å². The molecule has 0 radical (unpaired) electrons. The second kappa shape index (κ2) is 33.5. The molecule has 9 atom stereocenters. The molecular weight excluding hydrogens is 1660 g/mol. The standard InChI is InChI=1S/C24H40N6O9SSi.C18H28N6O15P2S.C6I3/c1-12(2)19(32)27-23-26-18-15(21(34)28-23)25-11-30(18)22-17(38-40(35,36)29-20(33)13(3)4)16(14(10-31)37-22)39-41(8,9)24(5,6)7;1-7(2)14(26)21-18-20-13-10(16(28)22-18)19-6-24(13)17-12(38-42(34,35)23-15(27)8(3)4)11(25)9(37-17)5-36-41(32,33)39-40(29,30)31;7-5-3-1-2-4-6-9-8/h11-14,16-17,22,31H,10H2,1-9H3,(H,29,33)(H2,26,27,28,32,34);6-9,11-12,17,25H,5H2,1-4H3,(H,23,27)(H,32,33)(H2,29,30,31)(H2,20,21,22,26,28);/q;;-1. The van der Waals surface area contributed by atoms with E-state index in [9.17, 15) is 69.8 Å². The molecule has 512 valence electrons. The van der Waals surface area contributed by atoms with Gasteiger partial charge in [0.05, 0.1) is 25.9 Å². The van der Waals surface area contributed by atoms with Gasteiger partial charge in [-0.15, -0.1) is 0 Å². The van der Waals surface area contributed by atoms with Crippen LogP contribution in [0.1, 0.15) is 88.6 Å². The summed E-state index contributed by atoms with van der Waals surface area (Å²) in [5.41, 5.74) is -2.26. The van der Waals surface area contributed by atoms with Crippen molar-refractivity contribution in [3.05, 3.63) is 33.4 Å². The summed E-state index contributed by atoms with van der Waals surface area (Å²) in [6.07, 6.45) is -10.2. The minimum absolute atomic E-state index is 0.0414. The number of hydrogen-bond donors (Lipinski definition) is 11. The van der Waals surface area contributed by atoms with Crippen molar-refractivity contribution in [2.75, 3.05) is 23.8 Å². The Kier molecular flexibility index (Phi) is 29.1. The number of nitrogens with one attached hydrogen (secondary N) is 6. The van der Waals surface area contributed by atoms with Gasteiger partial charge in [-0.3, -0.25) is 63.0 Å². The fourth-order valence-corrected chi connectivity index (χ4v) is 13.2. The Morgan fingerprint density at radius 2 is 1.15 bits per heavy atom. The van der Waals surface area contributed by atoms with Crippen molar-refractivity contribution in [3.63, 3.8) is 0 Å². The zero-order valence-electron chi connectivity index (χ0n) is 51.0. The number of amides is 4. The second-order valence-electron chi connectivity index (χ2n) is 22.3. The molecule has 6 rings (SSSR count). The van der Waals surface area contributed by atoms with Crippen LogP contribution in [-0.4, -0.2) is 163 Å². The summed E-state index contributed by atoms with van der Waals surface area (Å²) >= 11 is 4.26. The van der Waals surface area contributed by atoms with Crippen LogP contribution in [0.25, 0.3) is 22.3 Å². The van der Waals surface area contributed by atoms with Crippen LogP contribution >= 0.6 is 56.9 Å². The van der Waals surface area contributed by atoms with Crippen molar-refractivity contribution in [1.29, 1.82) is 0 Å². The zero-order chi connectivity index (χ0) is 69.8. The van der Waals surface area contributed by atoms with Crippen molar-refractivity contribution in [3.8, 4) is 31.5 Å². The molecule has 92 heavy (non-hydrogen) atoms. The summed E-state index contributed by atoms with van der Waals surface area (Å²) in [7, 11) is -23.2. The Hall–Kier alpha value is -4.45. The molecule has 0 aromatic carbocycles. The molecule has 2 aliphatic rings. The van der Waals surface area contributed by atoms with Crippen molar-refractivity contribution in [2.45, 2.75) is 143 Å². The molecule has 4 aromatic heterocycles. The Morgan fingerprint density at radius 1 is 0.728 bits per heavy atom. The maximum atomic E-state index is 13.0. The third-order valence-corrected chi connectivity index (χ3v) is 23.5. The zero-order valence-corrected chi connectivity index (χ0v) is 61.9. The van der Waals surface area contributed by atoms with Crippen LogP contribution in [0.4, 0.5) is 11.9 Å². The number of phosphoric ester groups is 1. The number of aromatic nitrogens is 8. The van der Waals surface area contributed by atoms with Crippen LogP contribution in [0.2, 0.25) is 18.1 Å². The van der Waals surface area contributed by atoms with Crippen LogP contribution in [-0.2, 0) is 80.0 Å². The first-order valence-electron chi connectivity index (χ1n) is 26.8. The molecule has 9 unspecified atom stereocenters. The van der Waals surface area contributed by atoms with Crippen LogP contribution in [0.5, 0.6) is 0 Å². The second-order valence-corrected chi connectivity index (χ2v) is 36.7. The maximum absolute atomic E-state index is 13.0. The van der Waals surface area contributed by atoms with Crippen LogP contribution in [0.15, 0.2) is 22.2 Å². The van der Waals surface area contributed by atoms with Crippen molar-refractivity contribution >= 4 is 144 Å². The van der Waals surface area contributed by atoms with Gasteiger partial charge in [-0.2, -0.15) is 31.1 Å². The summed E-state index contributed by atoms with van der Waals surface area (Å²) < 4.78 is 122. The Labute approximate surface area is 561 Å². The van der Waals surface area contributed by atoms with Gasteiger partial charge in [0, 0.05) is 23.7 Å². The SMILES string of the molecule is CC(C)C(=O)Nc1nc2c(ncn2C2OC(CO)C(O[Si](C)(C)C(C)(C)C)C2OS(=O)(=O)NC(=O)C(C)C)c(=O)[nH]1.CC(C)C(=O)Nc1nc2c(ncn2C2OC(COP(=O)(O)OP(=O)(O)O)C(O)C2OS(=O)(=O)NC(=O)C(C)C)c(=O)[nH]1.IC#CC#CC#C[I-]I. The minimum atomic E-state index is -5.50. The number of anilines is 2. The molecule has 0 aliphatic carbocycles. The molecule has 36 nitrogen and oxygen atoms in total. The predicted molar refractivity (Wildman–Crippen MR) is 340 cm³/mol. The molecule has 2 aliphatic heterocycles. The Balaban J connectivity index is 0.000000346. The summed E-state index contributed by atoms with van der Waals surface area (Å²) in [5, 5.41) is 25.7. The van der Waals surface area contributed by atoms with E-state index in [1.807, 2.05) is 61.2 Å². The number of fused-ring (bicyclic) bond motifs is 2. The number of carbonyl (C=O) groups is 4. The molecule has 11 N–H and O–H groups in total. The van der Waals surface area contributed by atoms with Crippen molar-refractivity contribution in [1.82, 2.24) is 48.5 Å². The van der Waals surface area contributed by atoms with E-state index in [1.54, 1.807) is 32.4 Å². The first-order chi connectivity index (χ1) is 42.4. The number of imidazole rings is 2. The van der Waals surface area contributed by atoms with E-state index in [0.717, 1.165) is 10.9 Å². The topological polar surface area (TPSA) is 512 Å². The third-order valence-electron chi connectivity index (χ3n) is 12.9. The molecular formula is C48H68I3N12O24P2S2Si-. The molecule has 0 spiro atoms. The number of aliphatic hydroxyl groups is 2. The molecule has 0 saturated carbocycles. The molecule has 4 amide bonds. The number of phosphoric acid groups is 2. The van der Waals surface area contributed by atoms with Gasteiger partial charge in [0.15, 0.2) is 55.3 Å². The average molecular weight is 1730 g/mol. The van der Waals surface area contributed by atoms with Gasteiger partial charge >= 0.3 is 126 Å². The number of H-pyrrole nitrogens is 2. The van der Waals surface area contributed by atoms with E-state index in [2.05, 4.69) is 99.5 Å². The van der Waals surface area contributed by atoms with E-state index in [1.165, 1.54) is 38.6 Å². The number of aliphatic hydroxyl groups excluding tert-OH is 2. The van der Waals surface area contributed by atoms with E-state index in [-0.39, 0.29) is 56.5 Å². The fourth-order valence-electron chi connectivity index (χ4n) is 7.17. The number of aromatic amines is 2. The Bertz CT molecular complexity index is 4010. The number of ether oxygens (including phenoxy) is 2. The number of rotatable bonds is 22. The monoisotopic (exact) mass is 1730 g/mol. The molecule has 0 bridgehead atoms. The summed E-state index contributed by atoms with van der Waals surface area (Å²) in [6, 6.07) is 0. The van der Waals surface area contributed by atoms with E-state index < -0.39 is 165 Å². The van der Waals surface area contributed by atoms with Crippen LogP contribution < -0.4 is 48.4 Å². The molecule has 6 heterocycles. The summed E-state index contributed by atoms with van der Waals surface area (Å²) in [4.78, 5) is 122. The first-order valence-corrected chi connectivity index (χ1v) is 44.0. The predicted octanol–water partition coefficient (Wildman–Crippen LogP) is -1.22. The number of hydrogen-bond acceptors (Lipinski definition) is 25. The fraction of sp³-hybridized carbons (Fsp3) is 0.583. The number of carbonyl (C=O) groups excluding carboxylic acids is 4. The summed E-state index contributed by atoms with van der Waals surface area (Å²) in [6.45, 7) is 20.5. The summed E-state index contributed by atoms with van der Waals surface area (Å²) in [5.74, 6) is 4.99. The number of halogens is 3. The molecule has 2 fully saturated rings. The first kappa shape index (κ1) is 80.0. The Morgan fingerprint density at radius 3 is 1.55 bits per heavy atom. The number of nitrogens with zero attached hydrogens (tertiary/aromatic N) is 6. The third kappa shape index (κ3) is 22.9. The van der Waals surface area contributed by atoms with E-state index >= 15 is 0 Å². The van der Waals surface area contributed by atoms with Crippen LogP contribution in [0, 0.1) is 55.2 Å². The molecule has 4 aromatic rings. The van der Waals surface area contributed by atoms with Gasteiger partial charge in [0.25, 0.3) is 11.1 Å². The van der Waals surface area contributed by atoms with Gasteiger partial charge in [-0.25, -0.2) is 36.9 Å². The van der Waals surface area contributed by atoms with Gasteiger partial charge < -0.3 is 38.8 Å².